The van der Waals surface area contributed by atoms with Gasteiger partial charge in [-0.2, -0.15) is 0 Å². The Kier molecular flexibility index (Phi) is 5.66. The molecule has 0 aliphatic carbocycles. The minimum absolute atomic E-state index is 0.232. The lowest BCUT2D eigenvalue weighted by atomic mass is 10.1. The molecule has 1 heterocycles. The molecule has 0 N–H and O–H groups in total. The number of carbonyl (C=O) groups is 1. The van der Waals surface area contributed by atoms with Gasteiger partial charge in [0.2, 0.25) is 5.91 Å². The molecule has 1 aliphatic rings. The summed E-state index contributed by atoms with van der Waals surface area (Å²) in [5.74, 6) is 1.65. The largest absolute Gasteiger partial charge is 0.493 e. The van der Waals surface area contributed by atoms with Crippen LogP contribution in [0.5, 0.6) is 11.5 Å². The molecular weight excluding hydrogens is 280 g/mol. The van der Waals surface area contributed by atoms with Crippen LogP contribution in [0.2, 0.25) is 0 Å². The molecule has 5 nitrogen and oxygen atoms in total. The third-order valence-electron chi connectivity index (χ3n) is 4.23. The molecule has 0 radical (unpaired) electrons. The van der Waals surface area contributed by atoms with E-state index in [0.717, 1.165) is 31.6 Å². The molecule has 0 bridgehead atoms. The Morgan fingerprint density at radius 1 is 1.23 bits per heavy atom. The summed E-state index contributed by atoms with van der Waals surface area (Å²) in [6.45, 7) is 4.83. The van der Waals surface area contributed by atoms with E-state index in [1.165, 1.54) is 0 Å². The molecule has 1 aromatic rings. The lowest BCUT2D eigenvalue weighted by molar-refractivity contribution is -0.135. The van der Waals surface area contributed by atoms with Crippen molar-refractivity contribution in [3.05, 3.63) is 23.8 Å². The maximum absolute atomic E-state index is 12.4. The number of hydrogen-bond donors (Lipinski definition) is 0. The van der Waals surface area contributed by atoms with Crippen LogP contribution in [0.15, 0.2) is 18.2 Å². The predicted molar refractivity (Wildman–Crippen MR) is 86.5 cm³/mol. The summed E-state index contributed by atoms with van der Waals surface area (Å²) in [6.07, 6.45) is 1.25. The number of nitrogens with zero attached hydrogens (tertiary/aromatic N) is 2. The molecule has 1 aromatic carbocycles. The first kappa shape index (κ1) is 16.6. The molecule has 1 atom stereocenters. The number of likely N-dealkylation sites (N-methyl/N-ethyl adjacent to an activating group) is 1. The molecule has 1 unspecified atom stereocenters. The molecule has 22 heavy (non-hydrogen) atoms. The Hall–Kier alpha value is -1.75. The fourth-order valence-electron chi connectivity index (χ4n) is 2.94. The van der Waals surface area contributed by atoms with Gasteiger partial charge >= 0.3 is 0 Å². The van der Waals surface area contributed by atoms with Crippen LogP contribution in [-0.2, 0) is 11.2 Å². The van der Waals surface area contributed by atoms with E-state index >= 15 is 0 Å². The van der Waals surface area contributed by atoms with Gasteiger partial charge in [-0.25, -0.2) is 0 Å². The van der Waals surface area contributed by atoms with Crippen LogP contribution in [0.1, 0.15) is 18.9 Å². The summed E-state index contributed by atoms with van der Waals surface area (Å²) < 4.78 is 10.5. The van der Waals surface area contributed by atoms with E-state index in [2.05, 4.69) is 18.9 Å². The average molecular weight is 306 g/mol. The van der Waals surface area contributed by atoms with Crippen LogP contribution in [0.4, 0.5) is 0 Å². The Bertz CT molecular complexity index is 519. The molecule has 0 saturated carbocycles. The van der Waals surface area contributed by atoms with Crippen LogP contribution in [0.3, 0.4) is 0 Å². The van der Waals surface area contributed by atoms with E-state index in [1.807, 2.05) is 23.1 Å². The second-order valence-corrected chi connectivity index (χ2v) is 5.89. The van der Waals surface area contributed by atoms with Gasteiger partial charge in [0.25, 0.3) is 0 Å². The summed E-state index contributed by atoms with van der Waals surface area (Å²) in [7, 11) is 5.34. The maximum Gasteiger partial charge on any atom is 0.223 e. The maximum atomic E-state index is 12.4. The van der Waals surface area contributed by atoms with E-state index in [-0.39, 0.29) is 11.9 Å². The van der Waals surface area contributed by atoms with Gasteiger partial charge in [0.05, 0.1) is 14.2 Å². The van der Waals surface area contributed by atoms with Crippen molar-refractivity contribution in [3.63, 3.8) is 0 Å². The first-order valence-corrected chi connectivity index (χ1v) is 7.74. The van der Waals surface area contributed by atoms with Crippen molar-refractivity contribution in [2.75, 3.05) is 40.9 Å². The Labute approximate surface area is 132 Å². The lowest BCUT2D eigenvalue weighted by Gasteiger charge is -2.38. The van der Waals surface area contributed by atoms with E-state index in [9.17, 15) is 4.79 Å². The third-order valence-corrected chi connectivity index (χ3v) is 4.23. The molecule has 1 aliphatic heterocycles. The highest BCUT2D eigenvalue weighted by Crippen LogP contribution is 2.28. The van der Waals surface area contributed by atoms with Gasteiger partial charge in [0.15, 0.2) is 11.5 Å². The fraction of sp³-hybridized carbons (Fsp3) is 0.588. The number of methoxy groups -OCH3 is 2. The van der Waals surface area contributed by atoms with Gasteiger partial charge in [-0.3, -0.25) is 4.79 Å². The zero-order valence-electron chi connectivity index (χ0n) is 14.0. The molecule has 1 fully saturated rings. The summed E-state index contributed by atoms with van der Waals surface area (Å²) in [5, 5.41) is 0. The molecule has 2 rings (SSSR count). The molecule has 5 heteroatoms. The van der Waals surface area contributed by atoms with E-state index in [4.69, 9.17) is 9.47 Å². The first-order valence-electron chi connectivity index (χ1n) is 7.74. The number of ether oxygens (including phenoxy) is 2. The highest BCUT2D eigenvalue weighted by molar-refractivity contribution is 5.77. The Morgan fingerprint density at radius 3 is 2.59 bits per heavy atom. The number of hydrogen-bond acceptors (Lipinski definition) is 4. The van der Waals surface area contributed by atoms with Crippen LogP contribution in [0, 0.1) is 0 Å². The van der Waals surface area contributed by atoms with Crippen molar-refractivity contribution in [1.29, 1.82) is 0 Å². The second kappa shape index (κ2) is 7.49. The smallest absolute Gasteiger partial charge is 0.223 e. The van der Waals surface area contributed by atoms with E-state index < -0.39 is 0 Å². The molecule has 122 valence electrons. The number of aryl methyl sites for hydroxylation is 1. The monoisotopic (exact) mass is 306 g/mol. The van der Waals surface area contributed by atoms with Crippen molar-refractivity contribution in [2.24, 2.45) is 0 Å². The quantitative estimate of drug-likeness (QED) is 0.832. The normalized spacial score (nSPS) is 19.1. The van der Waals surface area contributed by atoms with Crippen LogP contribution in [-0.4, -0.2) is 62.7 Å². The van der Waals surface area contributed by atoms with Gasteiger partial charge in [0.1, 0.15) is 0 Å². The van der Waals surface area contributed by atoms with E-state index in [1.54, 1.807) is 14.2 Å². The Morgan fingerprint density at radius 2 is 1.95 bits per heavy atom. The molecule has 1 amide bonds. The SMILES string of the molecule is COc1ccc(CCC(=O)N2CCN(C)CC2C)cc1OC. The highest BCUT2D eigenvalue weighted by atomic mass is 16.5. The van der Waals surface area contributed by atoms with Gasteiger partial charge in [0, 0.05) is 32.1 Å². The van der Waals surface area contributed by atoms with Crippen LogP contribution >= 0.6 is 0 Å². The van der Waals surface area contributed by atoms with Crippen molar-refractivity contribution in [3.8, 4) is 11.5 Å². The Balaban J connectivity index is 1.93. The molecule has 0 spiro atoms. The number of benzene rings is 1. The van der Waals surface area contributed by atoms with Gasteiger partial charge < -0.3 is 19.3 Å². The van der Waals surface area contributed by atoms with Crippen molar-refractivity contribution >= 4 is 5.91 Å². The number of piperazine rings is 1. The standard InChI is InChI=1S/C17H26N2O3/c1-13-12-18(2)9-10-19(13)17(20)8-6-14-5-7-15(21-3)16(11-14)22-4/h5,7,11,13H,6,8-10,12H2,1-4H3. The summed E-state index contributed by atoms with van der Waals surface area (Å²) in [5.41, 5.74) is 1.09. The zero-order valence-corrected chi connectivity index (χ0v) is 14.0. The molecule has 1 saturated heterocycles. The minimum atomic E-state index is 0.232. The highest BCUT2D eigenvalue weighted by Gasteiger charge is 2.25. The number of rotatable bonds is 5. The van der Waals surface area contributed by atoms with Crippen molar-refractivity contribution in [1.82, 2.24) is 9.80 Å². The predicted octanol–water partition coefficient (Wildman–Crippen LogP) is 1.80. The second-order valence-electron chi connectivity index (χ2n) is 5.89. The third kappa shape index (κ3) is 3.91. The lowest BCUT2D eigenvalue weighted by Crippen LogP contribution is -2.52. The summed E-state index contributed by atoms with van der Waals surface area (Å²) in [6, 6.07) is 6.11. The van der Waals surface area contributed by atoms with Gasteiger partial charge in [-0.1, -0.05) is 6.07 Å². The number of amides is 1. The van der Waals surface area contributed by atoms with Crippen molar-refractivity contribution in [2.45, 2.75) is 25.8 Å². The molecular formula is C17H26N2O3. The average Bonchev–Trinajstić information content (AvgIpc) is 2.52. The zero-order chi connectivity index (χ0) is 16.1. The summed E-state index contributed by atoms with van der Waals surface area (Å²) >= 11 is 0. The topological polar surface area (TPSA) is 42.0 Å². The van der Waals surface area contributed by atoms with Crippen molar-refractivity contribution < 1.29 is 14.3 Å². The van der Waals surface area contributed by atoms with Gasteiger partial charge in [-0.15, -0.1) is 0 Å². The first-order chi connectivity index (χ1) is 10.5. The fourth-order valence-corrected chi connectivity index (χ4v) is 2.94. The van der Waals surface area contributed by atoms with E-state index in [0.29, 0.717) is 17.9 Å². The molecule has 0 aromatic heterocycles. The van der Waals surface area contributed by atoms with Crippen LogP contribution in [0.25, 0.3) is 0 Å². The van der Waals surface area contributed by atoms with Gasteiger partial charge in [-0.05, 0) is 38.1 Å². The minimum Gasteiger partial charge on any atom is -0.493 e. The summed E-state index contributed by atoms with van der Waals surface area (Å²) in [4.78, 5) is 16.7. The van der Waals surface area contributed by atoms with Crippen LogP contribution < -0.4 is 9.47 Å². The number of carbonyl (C=O) groups excluding carboxylic acids is 1.